The fourth-order valence-electron chi connectivity index (χ4n) is 1.56. The number of carbonyl (C=O) groups is 1. The molecule has 0 aliphatic heterocycles. The lowest BCUT2D eigenvalue weighted by Gasteiger charge is -2.06. The zero-order valence-corrected chi connectivity index (χ0v) is 13.7. The number of benzene rings is 1. The minimum atomic E-state index is -0.335. The molecule has 0 radical (unpaired) electrons. The lowest BCUT2D eigenvalue weighted by Crippen LogP contribution is -2.25. The summed E-state index contributed by atoms with van der Waals surface area (Å²) in [6, 6.07) is 10.6. The predicted octanol–water partition coefficient (Wildman–Crippen LogP) is 3.33. The molecule has 2 rings (SSSR count). The summed E-state index contributed by atoms with van der Waals surface area (Å²) < 4.78 is 11.1. The van der Waals surface area contributed by atoms with E-state index in [9.17, 15) is 4.79 Å². The van der Waals surface area contributed by atoms with Crippen LogP contribution >= 0.6 is 22.9 Å². The van der Waals surface area contributed by atoms with Crippen molar-refractivity contribution >= 4 is 34.6 Å². The molecule has 116 valence electrons. The number of ether oxygens (including phenoxy) is 2. The van der Waals surface area contributed by atoms with Gasteiger partial charge < -0.3 is 9.47 Å². The van der Waals surface area contributed by atoms with E-state index in [1.54, 1.807) is 44.4 Å². The Kier molecular flexibility index (Phi) is 5.80. The van der Waals surface area contributed by atoms with Crippen LogP contribution in [0.1, 0.15) is 11.8 Å². The highest BCUT2D eigenvalue weighted by Crippen LogP contribution is 2.21. The van der Waals surface area contributed by atoms with Crippen LogP contribution in [0, 0.1) is 0 Å². The molecule has 1 heterocycles. The molecule has 5 nitrogen and oxygen atoms in total. The highest BCUT2D eigenvalue weighted by atomic mass is 35.5. The minimum absolute atomic E-state index is 0.117. The molecule has 1 N–H and O–H groups in total. The lowest BCUT2D eigenvalue weighted by molar-refractivity contribution is -0.123. The Balaban J connectivity index is 1.82. The van der Waals surface area contributed by atoms with Crippen LogP contribution in [-0.4, -0.2) is 25.3 Å². The van der Waals surface area contributed by atoms with E-state index in [1.165, 1.54) is 11.3 Å². The predicted molar refractivity (Wildman–Crippen MR) is 88.2 cm³/mol. The number of carbonyl (C=O) groups excluding carboxylic acids is 1. The number of hydrazone groups is 1. The number of thiophene rings is 1. The van der Waals surface area contributed by atoms with Crippen LogP contribution in [0.15, 0.2) is 41.5 Å². The summed E-state index contributed by atoms with van der Waals surface area (Å²) in [6.07, 6.45) is 0. The number of methoxy groups -OCH3 is 1. The topological polar surface area (TPSA) is 59.9 Å². The van der Waals surface area contributed by atoms with Gasteiger partial charge in [-0.2, -0.15) is 5.10 Å². The van der Waals surface area contributed by atoms with Crippen molar-refractivity contribution in [1.82, 2.24) is 5.43 Å². The maximum absolute atomic E-state index is 11.7. The molecule has 2 aromatic rings. The van der Waals surface area contributed by atoms with Gasteiger partial charge in [-0.15, -0.1) is 11.3 Å². The first kappa shape index (κ1) is 16.3. The van der Waals surface area contributed by atoms with Crippen molar-refractivity contribution in [2.45, 2.75) is 6.92 Å². The summed E-state index contributed by atoms with van der Waals surface area (Å²) in [5.74, 6) is 0.978. The second-order valence-electron chi connectivity index (χ2n) is 4.30. The first-order valence-corrected chi connectivity index (χ1v) is 7.63. The van der Waals surface area contributed by atoms with Crippen molar-refractivity contribution in [3.8, 4) is 11.5 Å². The largest absolute Gasteiger partial charge is 0.497 e. The third-order valence-electron chi connectivity index (χ3n) is 2.71. The average molecular weight is 339 g/mol. The van der Waals surface area contributed by atoms with Gasteiger partial charge in [0.25, 0.3) is 5.91 Å². The van der Waals surface area contributed by atoms with E-state index in [2.05, 4.69) is 10.5 Å². The maximum Gasteiger partial charge on any atom is 0.277 e. The van der Waals surface area contributed by atoms with Gasteiger partial charge in [0, 0.05) is 0 Å². The van der Waals surface area contributed by atoms with Gasteiger partial charge in [0.05, 0.1) is 22.0 Å². The average Bonchev–Trinajstić information content (AvgIpc) is 2.97. The number of rotatable bonds is 6. The Morgan fingerprint density at radius 1 is 1.23 bits per heavy atom. The van der Waals surface area contributed by atoms with Gasteiger partial charge in [0.2, 0.25) is 0 Å². The van der Waals surface area contributed by atoms with Crippen LogP contribution in [0.2, 0.25) is 4.34 Å². The molecule has 0 bridgehead atoms. The summed E-state index contributed by atoms with van der Waals surface area (Å²) in [7, 11) is 1.59. The van der Waals surface area contributed by atoms with E-state index in [4.69, 9.17) is 21.1 Å². The van der Waals surface area contributed by atoms with Gasteiger partial charge in [-0.25, -0.2) is 5.43 Å². The molecule has 7 heteroatoms. The molecule has 1 aromatic heterocycles. The van der Waals surface area contributed by atoms with Crippen LogP contribution < -0.4 is 14.9 Å². The Labute approximate surface area is 137 Å². The van der Waals surface area contributed by atoms with Crippen molar-refractivity contribution in [2.24, 2.45) is 5.10 Å². The molecule has 0 fully saturated rings. The Morgan fingerprint density at radius 2 is 1.91 bits per heavy atom. The van der Waals surface area contributed by atoms with Gasteiger partial charge in [-0.05, 0) is 43.3 Å². The van der Waals surface area contributed by atoms with Crippen LogP contribution in [-0.2, 0) is 4.79 Å². The van der Waals surface area contributed by atoms with Crippen LogP contribution in [0.3, 0.4) is 0 Å². The summed E-state index contributed by atoms with van der Waals surface area (Å²) in [4.78, 5) is 12.6. The molecule has 0 unspecified atom stereocenters. The highest BCUT2D eigenvalue weighted by Gasteiger charge is 2.05. The standard InChI is InChI=1S/C15H15ClN2O3S/c1-10(13-7-8-14(16)22-13)17-18-15(19)9-21-12-5-3-11(20-2)4-6-12/h3-8H,9H2,1-2H3,(H,18,19)/b17-10-. The monoisotopic (exact) mass is 338 g/mol. The molecule has 0 aliphatic rings. The number of hydrogen-bond acceptors (Lipinski definition) is 5. The number of nitrogens with one attached hydrogen (secondary N) is 1. The van der Waals surface area contributed by atoms with Crippen molar-refractivity contribution in [3.63, 3.8) is 0 Å². The second kappa shape index (κ2) is 7.82. The molecule has 0 aliphatic carbocycles. The zero-order valence-electron chi connectivity index (χ0n) is 12.1. The van der Waals surface area contributed by atoms with Crippen molar-refractivity contribution in [2.75, 3.05) is 13.7 Å². The SMILES string of the molecule is COc1ccc(OCC(=O)N/N=C(/C)c2ccc(Cl)s2)cc1. The van der Waals surface area contributed by atoms with E-state index in [0.29, 0.717) is 15.8 Å². The first-order valence-electron chi connectivity index (χ1n) is 6.44. The van der Waals surface area contributed by atoms with Crippen molar-refractivity contribution in [3.05, 3.63) is 45.6 Å². The van der Waals surface area contributed by atoms with E-state index >= 15 is 0 Å². The van der Waals surface area contributed by atoms with Gasteiger partial charge >= 0.3 is 0 Å². The molecular formula is C15H15ClN2O3S. The Hall–Kier alpha value is -2.05. The molecule has 0 saturated heterocycles. The third-order valence-corrected chi connectivity index (χ3v) is 4.05. The molecule has 22 heavy (non-hydrogen) atoms. The first-order chi connectivity index (χ1) is 10.6. The van der Waals surface area contributed by atoms with E-state index in [1.807, 2.05) is 6.07 Å². The van der Waals surface area contributed by atoms with E-state index in [-0.39, 0.29) is 12.5 Å². The van der Waals surface area contributed by atoms with Crippen LogP contribution in [0.5, 0.6) is 11.5 Å². The second-order valence-corrected chi connectivity index (χ2v) is 6.02. The number of hydrogen-bond donors (Lipinski definition) is 1. The van der Waals surface area contributed by atoms with Crippen LogP contribution in [0.4, 0.5) is 0 Å². The lowest BCUT2D eigenvalue weighted by atomic mass is 10.3. The zero-order chi connectivity index (χ0) is 15.9. The summed E-state index contributed by atoms with van der Waals surface area (Å²) in [5.41, 5.74) is 3.14. The number of halogens is 1. The molecule has 1 amide bonds. The van der Waals surface area contributed by atoms with E-state index < -0.39 is 0 Å². The van der Waals surface area contributed by atoms with Crippen LogP contribution in [0.25, 0.3) is 0 Å². The molecular weight excluding hydrogens is 324 g/mol. The van der Waals surface area contributed by atoms with E-state index in [0.717, 1.165) is 10.6 Å². The summed E-state index contributed by atoms with van der Waals surface area (Å²) in [6.45, 7) is 1.68. The smallest absolute Gasteiger partial charge is 0.277 e. The molecule has 0 saturated carbocycles. The maximum atomic E-state index is 11.7. The number of amides is 1. The van der Waals surface area contributed by atoms with Crippen molar-refractivity contribution < 1.29 is 14.3 Å². The van der Waals surface area contributed by atoms with Gasteiger partial charge in [0.15, 0.2) is 6.61 Å². The summed E-state index contributed by atoms with van der Waals surface area (Å²) in [5, 5.41) is 4.02. The molecule has 1 aromatic carbocycles. The highest BCUT2D eigenvalue weighted by molar-refractivity contribution is 7.18. The van der Waals surface area contributed by atoms with Gasteiger partial charge in [0.1, 0.15) is 11.5 Å². The van der Waals surface area contributed by atoms with Gasteiger partial charge in [-0.3, -0.25) is 4.79 Å². The molecule has 0 atom stereocenters. The summed E-state index contributed by atoms with van der Waals surface area (Å²) >= 11 is 7.26. The minimum Gasteiger partial charge on any atom is -0.497 e. The quantitative estimate of drug-likeness (QED) is 0.649. The van der Waals surface area contributed by atoms with Crippen molar-refractivity contribution in [1.29, 1.82) is 0 Å². The fourth-order valence-corrected chi connectivity index (χ4v) is 2.55. The normalized spacial score (nSPS) is 11.1. The van der Waals surface area contributed by atoms with Gasteiger partial charge in [-0.1, -0.05) is 11.6 Å². The molecule has 0 spiro atoms. The Bertz CT molecular complexity index is 668. The fraction of sp³-hybridized carbons (Fsp3) is 0.200. The Morgan fingerprint density at radius 3 is 2.50 bits per heavy atom. The third kappa shape index (κ3) is 4.75. The number of nitrogens with zero attached hydrogens (tertiary/aromatic N) is 1.